The van der Waals surface area contributed by atoms with Crippen molar-refractivity contribution in [3.8, 4) is 5.75 Å². The quantitative estimate of drug-likeness (QED) is 0.357. The van der Waals surface area contributed by atoms with E-state index in [0.717, 1.165) is 28.1 Å². The first kappa shape index (κ1) is 14.0. The number of hydrogen-bond donors (Lipinski definition) is 4. The highest BCUT2D eigenvalue weighted by atomic mass is 127. The van der Waals surface area contributed by atoms with Crippen molar-refractivity contribution in [3.05, 3.63) is 47.8 Å². The minimum Gasteiger partial charge on any atom is -0.507 e. The molecule has 0 atom stereocenters. The number of hydrazine groups is 1. The summed E-state index contributed by atoms with van der Waals surface area (Å²) in [5, 5.41) is 9.89. The molecule has 1 heterocycles. The van der Waals surface area contributed by atoms with Crippen molar-refractivity contribution in [2.45, 2.75) is 0 Å². The van der Waals surface area contributed by atoms with Gasteiger partial charge >= 0.3 is 0 Å². The number of nitrogens with zero attached hydrogens (tertiary/aromatic N) is 1. The number of nitrogens with one attached hydrogen (secondary N) is 2. The second-order valence-corrected chi connectivity index (χ2v) is 4.77. The molecule has 19 heavy (non-hydrogen) atoms. The molecule has 0 saturated carbocycles. The summed E-state index contributed by atoms with van der Waals surface area (Å²) in [4.78, 5) is 2.16. The van der Waals surface area contributed by atoms with Crippen LogP contribution in [0.15, 0.2) is 42.2 Å². The van der Waals surface area contributed by atoms with Crippen molar-refractivity contribution < 1.29 is 5.11 Å². The van der Waals surface area contributed by atoms with Crippen molar-refractivity contribution in [3.63, 3.8) is 0 Å². The van der Waals surface area contributed by atoms with E-state index in [2.05, 4.69) is 38.3 Å². The molecule has 0 radical (unpaired) electrons. The molecule has 5 N–H and O–H groups in total. The number of aromatic hydroxyl groups is 1. The van der Waals surface area contributed by atoms with Gasteiger partial charge in [-0.3, -0.25) is 0 Å². The van der Waals surface area contributed by atoms with Gasteiger partial charge in [0.1, 0.15) is 5.75 Å². The highest BCUT2D eigenvalue weighted by Crippen LogP contribution is 2.25. The maximum atomic E-state index is 9.89. The number of rotatable bonds is 5. The zero-order valence-corrected chi connectivity index (χ0v) is 12.6. The Balaban J connectivity index is 2.26. The number of halogens is 1. The summed E-state index contributed by atoms with van der Waals surface area (Å²) >= 11 is 2.31. The molecule has 102 valence electrons. The summed E-state index contributed by atoms with van der Waals surface area (Å²) in [7, 11) is 0. The Morgan fingerprint density at radius 2 is 2.11 bits per heavy atom. The Morgan fingerprint density at radius 1 is 1.32 bits per heavy atom. The third-order valence-corrected chi connectivity index (χ3v) is 3.65. The molecule has 0 bridgehead atoms. The smallest absolute Gasteiger partial charge is 0.124 e. The number of benzene rings is 1. The average Bonchev–Trinajstić information content (AvgIpc) is 2.45. The Kier molecular flexibility index (Phi) is 4.92. The maximum absolute atomic E-state index is 9.89. The van der Waals surface area contributed by atoms with E-state index >= 15 is 0 Å². The molecule has 1 aromatic rings. The van der Waals surface area contributed by atoms with E-state index in [1.54, 1.807) is 12.1 Å². The first-order chi connectivity index (χ1) is 9.26. The fourth-order valence-corrected chi connectivity index (χ4v) is 2.59. The van der Waals surface area contributed by atoms with Crippen LogP contribution in [0.3, 0.4) is 0 Å². The molecule has 6 heteroatoms. The van der Waals surface area contributed by atoms with Crippen LogP contribution in [-0.2, 0) is 0 Å². The van der Waals surface area contributed by atoms with Gasteiger partial charge in [-0.25, -0.2) is 0 Å². The lowest BCUT2D eigenvalue weighted by molar-refractivity contribution is 0.426. The van der Waals surface area contributed by atoms with Crippen molar-refractivity contribution in [1.29, 1.82) is 0 Å². The number of para-hydroxylation sites is 1. The van der Waals surface area contributed by atoms with E-state index in [-0.39, 0.29) is 5.75 Å². The van der Waals surface area contributed by atoms with Gasteiger partial charge in [0, 0.05) is 24.9 Å². The Labute approximate surface area is 126 Å². The van der Waals surface area contributed by atoms with Gasteiger partial charge in [-0.05, 0) is 18.2 Å². The lowest BCUT2D eigenvalue weighted by Crippen LogP contribution is -2.34. The third kappa shape index (κ3) is 3.32. The highest BCUT2D eigenvalue weighted by molar-refractivity contribution is 14.1. The minimum atomic E-state index is 0.254. The molecule has 0 aliphatic carbocycles. The van der Waals surface area contributed by atoms with Gasteiger partial charge in [-0.2, -0.15) is 0 Å². The van der Waals surface area contributed by atoms with Crippen molar-refractivity contribution in [2.75, 3.05) is 17.6 Å². The third-order valence-electron chi connectivity index (χ3n) is 2.82. The first-order valence-corrected chi connectivity index (χ1v) is 7.51. The molecular formula is C13H17IN4O. The van der Waals surface area contributed by atoms with Crippen molar-refractivity contribution >= 4 is 28.3 Å². The number of hydrogen-bond acceptors (Lipinski definition) is 5. The van der Waals surface area contributed by atoms with Gasteiger partial charge in [-0.1, -0.05) is 34.7 Å². The number of allylic oxidation sites excluding steroid dienone is 1. The second-order valence-electron chi connectivity index (χ2n) is 4.09. The predicted molar refractivity (Wildman–Crippen MR) is 85.1 cm³/mol. The molecule has 0 amide bonds. The first-order valence-electron chi connectivity index (χ1n) is 5.99. The van der Waals surface area contributed by atoms with E-state index in [1.807, 2.05) is 24.4 Å². The zero-order valence-electron chi connectivity index (χ0n) is 10.4. The lowest BCUT2D eigenvalue weighted by atomic mass is 10.1. The van der Waals surface area contributed by atoms with Crippen LogP contribution in [0.5, 0.6) is 5.75 Å². The van der Waals surface area contributed by atoms with Crippen LogP contribution in [-0.4, -0.2) is 27.6 Å². The number of alkyl halides is 1. The van der Waals surface area contributed by atoms with Gasteiger partial charge in [-0.15, -0.1) is 0 Å². The molecule has 1 aromatic carbocycles. The van der Waals surface area contributed by atoms with E-state index < -0.39 is 0 Å². The number of phenolic OH excluding ortho intramolecular Hbond substituents is 1. The monoisotopic (exact) mass is 372 g/mol. The SMILES string of the molecule is NCCN(CI)C1=CNNC(c2ccccc2O)=C1. The van der Waals surface area contributed by atoms with Gasteiger partial charge < -0.3 is 26.6 Å². The van der Waals surface area contributed by atoms with Gasteiger partial charge in [0.15, 0.2) is 0 Å². The molecular weight excluding hydrogens is 355 g/mol. The van der Waals surface area contributed by atoms with Crippen molar-refractivity contribution in [1.82, 2.24) is 15.8 Å². The summed E-state index contributed by atoms with van der Waals surface area (Å²) in [5.41, 5.74) is 14.3. The average molecular weight is 372 g/mol. The Morgan fingerprint density at radius 3 is 2.79 bits per heavy atom. The second kappa shape index (κ2) is 6.67. The topological polar surface area (TPSA) is 73.5 Å². The zero-order chi connectivity index (χ0) is 13.7. The summed E-state index contributed by atoms with van der Waals surface area (Å²) < 4.78 is 0.854. The largest absolute Gasteiger partial charge is 0.507 e. The molecule has 0 aromatic heterocycles. The molecule has 0 spiro atoms. The molecule has 1 aliphatic heterocycles. The summed E-state index contributed by atoms with van der Waals surface area (Å²) in [6, 6.07) is 7.24. The summed E-state index contributed by atoms with van der Waals surface area (Å²) in [6.07, 6.45) is 3.89. The van der Waals surface area contributed by atoms with Crippen LogP contribution in [0, 0.1) is 0 Å². The molecule has 0 fully saturated rings. The Hall–Kier alpha value is -1.41. The van der Waals surface area contributed by atoms with E-state index in [4.69, 9.17) is 5.73 Å². The normalized spacial score (nSPS) is 14.0. The van der Waals surface area contributed by atoms with Crippen LogP contribution >= 0.6 is 22.6 Å². The van der Waals surface area contributed by atoms with E-state index in [9.17, 15) is 5.11 Å². The van der Waals surface area contributed by atoms with Gasteiger partial charge in [0.2, 0.25) is 0 Å². The minimum absolute atomic E-state index is 0.254. The van der Waals surface area contributed by atoms with Crippen LogP contribution in [0.25, 0.3) is 5.70 Å². The molecule has 5 nitrogen and oxygen atoms in total. The number of phenols is 1. The van der Waals surface area contributed by atoms with Crippen LogP contribution in [0.4, 0.5) is 0 Å². The van der Waals surface area contributed by atoms with Crippen LogP contribution in [0.2, 0.25) is 0 Å². The van der Waals surface area contributed by atoms with Gasteiger partial charge in [0.25, 0.3) is 0 Å². The molecule has 0 unspecified atom stereocenters. The van der Waals surface area contributed by atoms with E-state index in [0.29, 0.717) is 6.54 Å². The fraction of sp³-hybridized carbons (Fsp3) is 0.231. The van der Waals surface area contributed by atoms with E-state index in [1.165, 1.54) is 0 Å². The number of nitrogens with two attached hydrogens (primary N) is 1. The maximum Gasteiger partial charge on any atom is 0.124 e. The van der Waals surface area contributed by atoms with Crippen LogP contribution < -0.4 is 16.6 Å². The molecule has 1 aliphatic rings. The van der Waals surface area contributed by atoms with Gasteiger partial charge in [0.05, 0.1) is 15.9 Å². The summed E-state index contributed by atoms with van der Waals surface area (Å²) in [5.74, 6) is 0.254. The highest BCUT2D eigenvalue weighted by Gasteiger charge is 2.13. The fourth-order valence-electron chi connectivity index (χ4n) is 1.86. The lowest BCUT2D eigenvalue weighted by Gasteiger charge is -2.27. The molecule has 2 rings (SSSR count). The molecule has 0 saturated heterocycles. The summed E-state index contributed by atoms with van der Waals surface area (Å²) in [6.45, 7) is 1.40. The standard InChI is InChI=1S/C13H17IN4O/c14-9-18(6-5-15)10-7-12(17-16-8-10)11-3-1-2-4-13(11)19/h1-4,7-8,16-17,19H,5-6,9,15H2. The van der Waals surface area contributed by atoms with Crippen LogP contribution in [0.1, 0.15) is 5.56 Å². The Bertz CT molecular complexity index is 501. The predicted octanol–water partition coefficient (Wildman–Crippen LogP) is 1.34. The van der Waals surface area contributed by atoms with Crippen molar-refractivity contribution in [2.24, 2.45) is 5.73 Å².